The summed E-state index contributed by atoms with van der Waals surface area (Å²) >= 11 is 0. The number of hydrogen-bond acceptors (Lipinski definition) is 4. The van der Waals surface area contributed by atoms with Crippen LogP contribution in [0.5, 0.6) is 5.75 Å². The lowest BCUT2D eigenvalue weighted by molar-refractivity contribution is 0.0693. The predicted octanol–water partition coefficient (Wildman–Crippen LogP) is 1.10. The van der Waals surface area contributed by atoms with E-state index >= 15 is 0 Å². The van der Waals surface area contributed by atoms with E-state index in [1.165, 1.54) is 23.1 Å². The molecule has 0 atom stereocenters. The van der Waals surface area contributed by atoms with Crippen LogP contribution in [0.15, 0.2) is 30.9 Å². The smallest absolute Gasteiger partial charge is 0.339 e. The molecule has 0 saturated heterocycles. The van der Waals surface area contributed by atoms with Crippen LogP contribution in [0, 0.1) is 0 Å². The summed E-state index contributed by atoms with van der Waals surface area (Å²) in [4.78, 5) is 24.1. The number of nitrogens with one attached hydrogen (secondary N) is 1. The standard InChI is InChI=1S/C13H16N2O5/c1-2-5-15(6-7-16)13(20)14-9-3-4-11(17)10(8-9)12(18)19/h2-4,8,16-17H,1,5-7H2,(H,14,20)(H,18,19). The van der Waals surface area contributed by atoms with Gasteiger partial charge in [-0.25, -0.2) is 9.59 Å². The highest BCUT2D eigenvalue weighted by Gasteiger charge is 2.14. The number of aliphatic hydroxyl groups excluding tert-OH is 1. The average molecular weight is 280 g/mol. The molecule has 0 aliphatic heterocycles. The fourth-order valence-electron chi connectivity index (χ4n) is 1.54. The molecule has 2 amide bonds. The van der Waals surface area contributed by atoms with Gasteiger partial charge in [-0.15, -0.1) is 6.58 Å². The molecule has 1 aromatic rings. The molecule has 7 nitrogen and oxygen atoms in total. The van der Waals surface area contributed by atoms with Crippen LogP contribution in [0.1, 0.15) is 10.4 Å². The van der Waals surface area contributed by atoms with E-state index in [2.05, 4.69) is 11.9 Å². The number of rotatable bonds is 6. The number of benzene rings is 1. The number of carbonyl (C=O) groups is 2. The predicted molar refractivity (Wildman–Crippen MR) is 72.9 cm³/mol. The monoisotopic (exact) mass is 280 g/mol. The topological polar surface area (TPSA) is 110 Å². The van der Waals surface area contributed by atoms with Gasteiger partial charge in [0.25, 0.3) is 0 Å². The summed E-state index contributed by atoms with van der Waals surface area (Å²) < 4.78 is 0. The number of aromatic carboxylic acids is 1. The fraction of sp³-hybridized carbons (Fsp3) is 0.231. The van der Waals surface area contributed by atoms with Crippen LogP contribution in [0.4, 0.5) is 10.5 Å². The van der Waals surface area contributed by atoms with E-state index in [0.29, 0.717) is 0 Å². The Morgan fingerprint density at radius 3 is 2.65 bits per heavy atom. The van der Waals surface area contributed by atoms with E-state index < -0.39 is 12.0 Å². The minimum Gasteiger partial charge on any atom is -0.507 e. The van der Waals surface area contributed by atoms with Crippen LogP contribution >= 0.6 is 0 Å². The molecule has 1 aromatic carbocycles. The Balaban J connectivity index is 2.86. The lowest BCUT2D eigenvalue weighted by Crippen LogP contribution is -2.37. The maximum absolute atomic E-state index is 11.9. The number of carboxylic acid groups (broad SMARTS) is 1. The first-order valence-electron chi connectivity index (χ1n) is 5.83. The third-order valence-electron chi connectivity index (χ3n) is 2.48. The van der Waals surface area contributed by atoms with Gasteiger partial charge in [0.15, 0.2) is 0 Å². The van der Waals surface area contributed by atoms with Gasteiger partial charge in [-0.3, -0.25) is 0 Å². The van der Waals surface area contributed by atoms with Crippen LogP contribution in [-0.2, 0) is 0 Å². The van der Waals surface area contributed by atoms with Gasteiger partial charge in [0.05, 0.1) is 6.61 Å². The first-order valence-corrected chi connectivity index (χ1v) is 5.83. The number of amides is 2. The molecule has 0 fully saturated rings. The largest absolute Gasteiger partial charge is 0.507 e. The van der Waals surface area contributed by atoms with Crippen molar-refractivity contribution in [1.82, 2.24) is 4.90 Å². The molecule has 20 heavy (non-hydrogen) atoms. The van der Waals surface area contributed by atoms with Crippen LogP contribution in [0.3, 0.4) is 0 Å². The van der Waals surface area contributed by atoms with Gasteiger partial charge in [0.2, 0.25) is 0 Å². The molecule has 0 bridgehead atoms. The zero-order valence-electron chi connectivity index (χ0n) is 10.7. The number of aromatic hydroxyl groups is 1. The van der Waals surface area contributed by atoms with Gasteiger partial charge in [-0.1, -0.05) is 6.08 Å². The quantitative estimate of drug-likeness (QED) is 0.461. The van der Waals surface area contributed by atoms with Crippen molar-refractivity contribution < 1.29 is 24.9 Å². The van der Waals surface area contributed by atoms with Crippen molar-refractivity contribution in [2.45, 2.75) is 0 Å². The van der Waals surface area contributed by atoms with Crippen LogP contribution in [0.25, 0.3) is 0 Å². The third-order valence-corrected chi connectivity index (χ3v) is 2.48. The Morgan fingerprint density at radius 2 is 2.10 bits per heavy atom. The Labute approximate surface area is 115 Å². The number of urea groups is 1. The molecule has 0 aliphatic rings. The van der Waals surface area contributed by atoms with Crippen molar-refractivity contribution in [2.24, 2.45) is 0 Å². The second-order valence-electron chi connectivity index (χ2n) is 3.93. The fourth-order valence-corrected chi connectivity index (χ4v) is 1.54. The summed E-state index contributed by atoms with van der Waals surface area (Å²) in [7, 11) is 0. The zero-order chi connectivity index (χ0) is 15.1. The molecule has 4 N–H and O–H groups in total. The number of aliphatic hydroxyl groups is 1. The Hall–Kier alpha value is -2.54. The summed E-state index contributed by atoms with van der Waals surface area (Å²) in [5, 5.41) is 29.6. The van der Waals surface area contributed by atoms with Crippen molar-refractivity contribution in [1.29, 1.82) is 0 Å². The van der Waals surface area contributed by atoms with E-state index in [4.69, 9.17) is 10.2 Å². The molecular weight excluding hydrogens is 264 g/mol. The molecule has 0 aliphatic carbocycles. The minimum atomic E-state index is -1.29. The summed E-state index contributed by atoms with van der Waals surface area (Å²) in [5.41, 5.74) is -0.0718. The summed E-state index contributed by atoms with van der Waals surface area (Å²) in [6.45, 7) is 3.68. The van der Waals surface area contributed by atoms with Crippen molar-refractivity contribution in [2.75, 3.05) is 25.0 Å². The molecule has 0 unspecified atom stereocenters. The SMILES string of the molecule is C=CCN(CCO)C(=O)Nc1ccc(O)c(C(=O)O)c1. The summed E-state index contributed by atoms with van der Waals surface area (Å²) in [5.74, 6) is -1.68. The lowest BCUT2D eigenvalue weighted by atomic mass is 10.2. The Kier molecular flexibility index (Phi) is 5.55. The number of carbonyl (C=O) groups excluding carboxylic acids is 1. The molecule has 0 saturated carbocycles. The molecule has 7 heteroatoms. The molecule has 1 rings (SSSR count). The van der Waals surface area contributed by atoms with Crippen molar-refractivity contribution >= 4 is 17.7 Å². The first-order chi connectivity index (χ1) is 9.49. The minimum absolute atomic E-state index is 0.127. The van der Waals surface area contributed by atoms with Crippen LogP contribution in [0.2, 0.25) is 0 Å². The number of anilines is 1. The first kappa shape index (κ1) is 15.5. The number of hydrogen-bond donors (Lipinski definition) is 4. The van der Waals surface area contributed by atoms with Crippen LogP contribution < -0.4 is 5.32 Å². The van der Waals surface area contributed by atoms with Gasteiger partial charge >= 0.3 is 12.0 Å². The van der Waals surface area contributed by atoms with E-state index in [9.17, 15) is 14.7 Å². The van der Waals surface area contributed by atoms with E-state index in [0.717, 1.165) is 6.07 Å². The molecule has 0 spiro atoms. The Morgan fingerprint density at radius 1 is 1.40 bits per heavy atom. The number of phenols is 1. The van der Waals surface area contributed by atoms with E-state index in [-0.39, 0.29) is 36.7 Å². The highest BCUT2D eigenvalue weighted by Crippen LogP contribution is 2.21. The highest BCUT2D eigenvalue weighted by atomic mass is 16.4. The summed E-state index contributed by atoms with van der Waals surface area (Å²) in [6.07, 6.45) is 1.51. The zero-order valence-corrected chi connectivity index (χ0v) is 10.7. The maximum atomic E-state index is 11.9. The number of nitrogens with zero attached hydrogens (tertiary/aromatic N) is 1. The molecule has 108 valence electrons. The lowest BCUT2D eigenvalue weighted by Gasteiger charge is -2.20. The highest BCUT2D eigenvalue weighted by molar-refractivity contribution is 5.95. The molecule has 0 aromatic heterocycles. The summed E-state index contributed by atoms with van der Waals surface area (Å²) in [6, 6.07) is 3.22. The van der Waals surface area contributed by atoms with Gasteiger partial charge < -0.3 is 25.5 Å². The second kappa shape index (κ2) is 7.15. The molecular formula is C13H16N2O5. The molecule has 0 radical (unpaired) electrons. The third kappa shape index (κ3) is 3.99. The van der Waals surface area contributed by atoms with Crippen molar-refractivity contribution in [3.63, 3.8) is 0 Å². The number of carboxylic acids is 1. The normalized spacial score (nSPS) is 9.85. The van der Waals surface area contributed by atoms with E-state index in [1.54, 1.807) is 0 Å². The van der Waals surface area contributed by atoms with Gasteiger partial charge in [-0.2, -0.15) is 0 Å². The van der Waals surface area contributed by atoms with Gasteiger partial charge in [-0.05, 0) is 18.2 Å². The van der Waals surface area contributed by atoms with Crippen LogP contribution in [-0.4, -0.2) is 51.9 Å². The average Bonchev–Trinajstić information content (AvgIpc) is 2.40. The van der Waals surface area contributed by atoms with Gasteiger partial charge in [0, 0.05) is 18.8 Å². The Bertz CT molecular complexity index is 515. The molecule has 0 heterocycles. The van der Waals surface area contributed by atoms with Crippen molar-refractivity contribution in [3.8, 4) is 5.75 Å². The maximum Gasteiger partial charge on any atom is 0.339 e. The van der Waals surface area contributed by atoms with E-state index in [1.807, 2.05) is 0 Å². The second-order valence-corrected chi connectivity index (χ2v) is 3.93. The van der Waals surface area contributed by atoms with Crippen molar-refractivity contribution in [3.05, 3.63) is 36.4 Å². The van der Waals surface area contributed by atoms with Gasteiger partial charge in [0.1, 0.15) is 11.3 Å².